The van der Waals surface area contributed by atoms with Gasteiger partial charge in [0.2, 0.25) is 0 Å². The van der Waals surface area contributed by atoms with Crippen LogP contribution in [0, 0.1) is 5.82 Å². The summed E-state index contributed by atoms with van der Waals surface area (Å²) in [6.45, 7) is -0.127. The zero-order chi connectivity index (χ0) is 21.2. The molecule has 156 valence electrons. The summed E-state index contributed by atoms with van der Waals surface area (Å²) in [5.41, 5.74) is -0.0177. The van der Waals surface area contributed by atoms with Crippen molar-refractivity contribution in [3.8, 4) is 5.75 Å². The normalized spacial score (nSPS) is 19.4. The van der Waals surface area contributed by atoms with Gasteiger partial charge in [-0.15, -0.1) is 13.2 Å². The topological polar surface area (TPSA) is 63.7 Å². The molecule has 0 saturated carbocycles. The molecule has 1 unspecified atom stereocenters. The molecule has 0 radical (unpaired) electrons. The molecule has 1 saturated heterocycles. The number of hydrogen-bond acceptors (Lipinski definition) is 4. The largest absolute Gasteiger partial charge is 0.573 e. The quantitative estimate of drug-likeness (QED) is 0.695. The number of carbonyl (C=O) groups excluding carboxylic acids is 1. The van der Waals surface area contributed by atoms with E-state index in [0.29, 0.717) is 0 Å². The number of carbonyl (C=O) groups is 1. The van der Waals surface area contributed by atoms with Gasteiger partial charge >= 0.3 is 6.36 Å². The SMILES string of the molecule is O=C(c1cccc(OC(F)(F)F)c1)N1CCC(c2ccccc2F)S(=O)(=O)CC1. The molecule has 3 rings (SSSR count). The lowest BCUT2D eigenvalue weighted by Crippen LogP contribution is -2.33. The predicted octanol–water partition coefficient (Wildman–Crippen LogP) is 3.73. The van der Waals surface area contributed by atoms with Gasteiger partial charge in [0.05, 0.1) is 11.0 Å². The van der Waals surface area contributed by atoms with E-state index in [2.05, 4.69) is 4.74 Å². The third-order valence-corrected chi connectivity index (χ3v) is 6.70. The second-order valence-corrected chi connectivity index (χ2v) is 8.84. The maximum Gasteiger partial charge on any atom is 0.573 e. The van der Waals surface area contributed by atoms with Gasteiger partial charge in [0, 0.05) is 24.2 Å². The van der Waals surface area contributed by atoms with Crippen LogP contribution in [0.5, 0.6) is 5.75 Å². The Morgan fingerprint density at radius 3 is 2.48 bits per heavy atom. The molecule has 5 nitrogen and oxygen atoms in total. The minimum atomic E-state index is -4.90. The van der Waals surface area contributed by atoms with Gasteiger partial charge < -0.3 is 9.64 Å². The molecular weight excluding hydrogens is 414 g/mol. The zero-order valence-electron chi connectivity index (χ0n) is 15.0. The molecule has 10 heteroatoms. The first-order valence-electron chi connectivity index (χ1n) is 8.68. The van der Waals surface area contributed by atoms with Crippen molar-refractivity contribution in [1.29, 1.82) is 0 Å². The highest BCUT2D eigenvalue weighted by atomic mass is 32.2. The zero-order valence-corrected chi connectivity index (χ0v) is 15.8. The number of halogens is 4. The van der Waals surface area contributed by atoms with Crippen LogP contribution >= 0.6 is 0 Å². The van der Waals surface area contributed by atoms with Gasteiger partial charge in [0.25, 0.3) is 5.91 Å². The molecule has 2 aromatic carbocycles. The van der Waals surface area contributed by atoms with E-state index in [1.165, 1.54) is 41.3 Å². The van der Waals surface area contributed by atoms with Crippen molar-refractivity contribution in [2.45, 2.75) is 18.0 Å². The van der Waals surface area contributed by atoms with Crippen LogP contribution in [0.1, 0.15) is 27.6 Å². The first-order valence-corrected chi connectivity index (χ1v) is 10.4. The van der Waals surface area contributed by atoms with Crippen LogP contribution in [0.3, 0.4) is 0 Å². The second-order valence-electron chi connectivity index (χ2n) is 6.53. The van der Waals surface area contributed by atoms with Crippen LogP contribution in [0.2, 0.25) is 0 Å². The summed E-state index contributed by atoms with van der Waals surface area (Å²) in [5, 5.41) is -1.10. The number of ether oxygens (including phenoxy) is 1. The molecule has 1 amide bonds. The fourth-order valence-electron chi connectivity index (χ4n) is 3.24. The average molecular weight is 431 g/mol. The van der Waals surface area contributed by atoms with Crippen molar-refractivity contribution in [3.63, 3.8) is 0 Å². The fraction of sp³-hybridized carbons (Fsp3) is 0.316. The molecule has 1 fully saturated rings. The van der Waals surface area contributed by atoms with Crippen LogP contribution in [0.15, 0.2) is 48.5 Å². The summed E-state index contributed by atoms with van der Waals surface area (Å²) in [6.07, 6.45) is -4.92. The molecule has 1 aliphatic heterocycles. The van der Waals surface area contributed by atoms with E-state index >= 15 is 0 Å². The molecule has 0 aromatic heterocycles. The molecule has 29 heavy (non-hydrogen) atoms. The van der Waals surface area contributed by atoms with Crippen molar-refractivity contribution >= 4 is 15.7 Å². The van der Waals surface area contributed by atoms with Crippen molar-refractivity contribution in [1.82, 2.24) is 4.90 Å². The van der Waals surface area contributed by atoms with E-state index in [1.807, 2.05) is 0 Å². The van der Waals surface area contributed by atoms with Crippen molar-refractivity contribution in [3.05, 3.63) is 65.5 Å². The number of nitrogens with zero attached hydrogens (tertiary/aromatic N) is 1. The van der Waals surface area contributed by atoms with Gasteiger partial charge in [-0.25, -0.2) is 12.8 Å². The third kappa shape index (κ3) is 5.06. The van der Waals surface area contributed by atoms with Gasteiger partial charge in [0.1, 0.15) is 11.6 Å². The number of rotatable bonds is 3. The van der Waals surface area contributed by atoms with E-state index in [4.69, 9.17) is 0 Å². The Labute approximate surface area is 164 Å². The molecule has 1 atom stereocenters. The van der Waals surface area contributed by atoms with Gasteiger partial charge in [-0.1, -0.05) is 24.3 Å². The van der Waals surface area contributed by atoms with Gasteiger partial charge in [-0.3, -0.25) is 4.79 Å². The summed E-state index contributed by atoms with van der Waals surface area (Å²) < 4.78 is 80.3. The van der Waals surface area contributed by atoms with Crippen LogP contribution in [0.25, 0.3) is 0 Å². The van der Waals surface area contributed by atoms with E-state index < -0.39 is 38.9 Å². The minimum absolute atomic E-state index is 0.0153. The van der Waals surface area contributed by atoms with Crippen LogP contribution in [-0.4, -0.2) is 44.4 Å². The highest BCUT2D eigenvalue weighted by Gasteiger charge is 2.35. The number of sulfone groups is 1. The average Bonchev–Trinajstić information content (AvgIpc) is 2.79. The molecule has 1 heterocycles. The molecular formula is C19H17F4NO4S. The van der Waals surface area contributed by atoms with Crippen molar-refractivity contribution < 1.29 is 35.5 Å². The molecule has 0 N–H and O–H groups in total. The number of amides is 1. The molecule has 2 aromatic rings. The van der Waals surface area contributed by atoms with E-state index in [0.717, 1.165) is 12.1 Å². The fourth-order valence-corrected chi connectivity index (χ4v) is 5.04. The van der Waals surface area contributed by atoms with Crippen LogP contribution < -0.4 is 4.74 Å². The Hall–Kier alpha value is -2.62. The lowest BCUT2D eigenvalue weighted by Gasteiger charge is -2.20. The Balaban J connectivity index is 1.81. The number of alkyl halides is 3. The Kier molecular flexibility index (Phi) is 5.83. The standard InChI is InChI=1S/C19H17F4NO4S/c20-16-7-2-1-6-15(16)17-8-9-24(10-11-29(17,26)27)18(25)13-4-3-5-14(12-13)28-19(21,22)23/h1-7,12,17H,8-11H2. The number of benzene rings is 2. The highest BCUT2D eigenvalue weighted by molar-refractivity contribution is 7.91. The maximum atomic E-state index is 14.1. The summed E-state index contributed by atoms with van der Waals surface area (Å²) in [6, 6.07) is 10.1. The summed E-state index contributed by atoms with van der Waals surface area (Å²) in [5.74, 6) is -2.19. The predicted molar refractivity (Wildman–Crippen MR) is 96.6 cm³/mol. The summed E-state index contributed by atoms with van der Waals surface area (Å²) >= 11 is 0. The smallest absolute Gasteiger partial charge is 0.406 e. The van der Waals surface area contributed by atoms with E-state index in [9.17, 15) is 30.8 Å². The van der Waals surface area contributed by atoms with E-state index in [-0.39, 0.29) is 36.4 Å². The highest BCUT2D eigenvalue weighted by Crippen LogP contribution is 2.32. The van der Waals surface area contributed by atoms with Gasteiger partial charge in [0.15, 0.2) is 9.84 Å². The maximum absolute atomic E-state index is 14.1. The molecule has 1 aliphatic rings. The Bertz CT molecular complexity index is 1010. The lowest BCUT2D eigenvalue weighted by atomic mass is 10.1. The van der Waals surface area contributed by atoms with Crippen LogP contribution in [-0.2, 0) is 9.84 Å². The summed E-state index contributed by atoms with van der Waals surface area (Å²) in [4.78, 5) is 14.0. The van der Waals surface area contributed by atoms with E-state index in [1.54, 1.807) is 0 Å². The Morgan fingerprint density at radius 2 is 1.79 bits per heavy atom. The Morgan fingerprint density at radius 1 is 1.07 bits per heavy atom. The van der Waals surface area contributed by atoms with Crippen molar-refractivity contribution in [2.24, 2.45) is 0 Å². The molecule has 0 aliphatic carbocycles. The van der Waals surface area contributed by atoms with Gasteiger partial charge in [-0.05, 0) is 30.7 Å². The van der Waals surface area contributed by atoms with Crippen LogP contribution in [0.4, 0.5) is 17.6 Å². The first kappa shape index (κ1) is 21.1. The monoisotopic (exact) mass is 431 g/mol. The minimum Gasteiger partial charge on any atom is -0.406 e. The first-order chi connectivity index (χ1) is 13.6. The molecule has 0 spiro atoms. The lowest BCUT2D eigenvalue weighted by molar-refractivity contribution is -0.274. The second kappa shape index (κ2) is 8.02. The van der Waals surface area contributed by atoms with Crippen molar-refractivity contribution in [2.75, 3.05) is 18.8 Å². The third-order valence-electron chi connectivity index (χ3n) is 4.59. The van der Waals surface area contributed by atoms with Gasteiger partial charge in [-0.2, -0.15) is 0 Å². The number of hydrogen-bond donors (Lipinski definition) is 0. The molecule has 0 bridgehead atoms. The summed E-state index contributed by atoms with van der Waals surface area (Å²) in [7, 11) is -3.72.